The van der Waals surface area contributed by atoms with Crippen LogP contribution in [0.2, 0.25) is 0 Å². The van der Waals surface area contributed by atoms with Crippen LogP contribution in [0.1, 0.15) is 30.6 Å². The monoisotopic (exact) mass is 362 g/mol. The van der Waals surface area contributed by atoms with Crippen LogP contribution in [0.25, 0.3) is 0 Å². The van der Waals surface area contributed by atoms with E-state index in [1.54, 1.807) is 31.4 Å². The van der Waals surface area contributed by atoms with Gasteiger partial charge in [0.1, 0.15) is 23.6 Å². The maximum Gasteiger partial charge on any atom is 0.354 e. The van der Waals surface area contributed by atoms with Crippen molar-refractivity contribution in [2.24, 2.45) is 5.92 Å². The number of carbonyl (C=O) groups is 2. The fourth-order valence-corrected chi connectivity index (χ4v) is 4.67. The summed E-state index contributed by atoms with van der Waals surface area (Å²) in [5, 5.41) is 15.0. The zero-order valence-corrected chi connectivity index (χ0v) is 15.6. The summed E-state index contributed by atoms with van der Waals surface area (Å²) < 4.78 is 5.15. The van der Waals surface area contributed by atoms with Crippen LogP contribution in [-0.2, 0) is 15.7 Å². The van der Waals surface area contributed by atoms with Crippen LogP contribution in [0.3, 0.4) is 0 Å². The number of nitrogens with one attached hydrogen (secondary N) is 2. The average molecular weight is 362 g/mol. The smallest absolute Gasteiger partial charge is 0.354 e. The summed E-state index contributed by atoms with van der Waals surface area (Å²) in [5.41, 5.74) is 0.461. The Morgan fingerprint density at radius 3 is 2.88 bits per heavy atom. The SMILES string of the molecule is CCC(C)[C@H](NC(=O)c1cccc(OC)c1)C(=O)[S+]1CN[C@H](C#N)C1. The number of hydrogen-bond acceptors (Lipinski definition) is 5. The maximum atomic E-state index is 12.9. The molecule has 2 unspecified atom stereocenters. The number of nitriles is 1. The first-order chi connectivity index (χ1) is 12.0. The van der Waals surface area contributed by atoms with Crippen LogP contribution < -0.4 is 15.4 Å². The van der Waals surface area contributed by atoms with E-state index in [9.17, 15) is 9.59 Å². The fraction of sp³-hybridized carbons (Fsp3) is 0.500. The lowest BCUT2D eigenvalue weighted by Gasteiger charge is -2.21. The molecular formula is C18H24N3O3S+. The van der Waals surface area contributed by atoms with Crippen LogP contribution in [0.5, 0.6) is 5.75 Å². The van der Waals surface area contributed by atoms with E-state index >= 15 is 0 Å². The molecule has 2 N–H and O–H groups in total. The highest BCUT2D eigenvalue weighted by Crippen LogP contribution is 2.18. The van der Waals surface area contributed by atoms with Gasteiger partial charge in [-0.15, -0.1) is 0 Å². The van der Waals surface area contributed by atoms with Crippen LogP contribution in [0.15, 0.2) is 24.3 Å². The number of rotatable bonds is 6. The number of ether oxygens (including phenoxy) is 1. The van der Waals surface area contributed by atoms with Crippen LogP contribution in [-0.4, -0.2) is 41.8 Å². The lowest BCUT2D eigenvalue weighted by atomic mass is 10.00. The molecule has 1 fully saturated rings. The summed E-state index contributed by atoms with van der Waals surface area (Å²) in [6.45, 7) is 3.96. The van der Waals surface area contributed by atoms with Crippen molar-refractivity contribution < 1.29 is 14.3 Å². The van der Waals surface area contributed by atoms with E-state index < -0.39 is 16.9 Å². The van der Waals surface area contributed by atoms with Gasteiger partial charge >= 0.3 is 5.12 Å². The molecule has 0 aromatic heterocycles. The highest BCUT2D eigenvalue weighted by molar-refractivity contribution is 8.11. The van der Waals surface area contributed by atoms with E-state index in [0.29, 0.717) is 22.9 Å². The Bertz CT molecular complexity index is 674. The van der Waals surface area contributed by atoms with Crippen molar-refractivity contribution in [3.8, 4) is 11.8 Å². The van der Waals surface area contributed by atoms with E-state index in [0.717, 1.165) is 6.42 Å². The minimum Gasteiger partial charge on any atom is -0.497 e. The summed E-state index contributed by atoms with van der Waals surface area (Å²) in [4.78, 5) is 25.5. The predicted octanol–water partition coefficient (Wildman–Crippen LogP) is 1.44. The third-order valence-corrected chi connectivity index (χ3v) is 6.47. The molecule has 0 spiro atoms. The minimum atomic E-state index is -0.550. The van der Waals surface area contributed by atoms with Gasteiger partial charge < -0.3 is 10.1 Å². The molecular weight excluding hydrogens is 338 g/mol. The number of methoxy groups -OCH3 is 1. The summed E-state index contributed by atoms with van der Waals surface area (Å²) in [6, 6.07) is 8.18. The van der Waals surface area contributed by atoms with E-state index in [1.807, 2.05) is 13.8 Å². The molecule has 1 aliphatic rings. The second-order valence-electron chi connectivity index (χ2n) is 6.08. The lowest BCUT2D eigenvalue weighted by molar-refractivity contribution is -0.113. The second kappa shape index (κ2) is 8.88. The van der Waals surface area contributed by atoms with Crippen LogP contribution in [0.4, 0.5) is 0 Å². The van der Waals surface area contributed by atoms with Gasteiger partial charge in [0.2, 0.25) is 0 Å². The third-order valence-electron chi connectivity index (χ3n) is 4.40. The fourth-order valence-electron chi connectivity index (χ4n) is 2.59. The molecule has 1 heterocycles. The van der Waals surface area contributed by atoms with Crippen LogP contribution in [0, 0.1) is 17.2 Å². The number of carbonyl (C=O) groups excluding carboxylic acids is 2. The number of nitrogens with zero attached hydrogens (tertiary/aromatic N) is 1. The maximum absolute atomic E-state index is 12.9. The molecule has 7 heteroatoms. The average Bonchev–Trinajstić information content (AvgIpc) is 3.14. The molecule has 1 aromatic carbocycles. The highest BCUT2D eigenvalue weighted by atomic mass is 32.2. The Morgan fingerprint density at radius 2 is 2.28 bits per heavy atom. The molecule has 1 amide bonds. The van der Waals surface area contributed by atoms with Gasteiger partial charge in [0.15, 0.2) is 5.88 Å². The summed E-state index contributed by atoms with van der Waals surface area (Å²) in [7, 11) is 0.999. The van der Waals surface area contributed by atoms with Crippen LogP contribution >= 0.6 is 0 Å². The first kappa shape index (κ1) is 19.3. The summed E-state index contributed by atoms with van der Waals surface area (Å²) >= 11 is 0. The van der Waals surface area contributed by atoms with Gasteiger partial charge in [0.25, 0.3) is 5.91 Å². The van der Waals surface area contributed by atoms with Gasteiger partial charge in [-0.05, 0) is 24.1 Å². The molecule has 2 rings (SSSR count). The van der Waals surface area contributed by atoms with Crippen molar-refractivity contribution in [2.75, 3.05) is 18.7 Å². The van der Waals surface area contributed by atoms with Crippen molar-refractivity contribution in [1.82, 2.24) is 10.6 Å². The molecule has 0 saturated carbocycles. The molecule has 1 aliphatic heterocycles. The van der Waals surface area contributed by atoms with Gasteiger partial charge in [0.05, 0.1) is 24.1 Å². The molecule has 0 aliphatic carbocycles. The molecule has 134 valence electrons. The van der Waals surface area contributed by atoms with Crippen molar-refractivity contribution in [3.63, 3.8) is 0 Å². The van der Waals surface area contributed by atoms with Gasteiger partial charge in [-0.2, -0.15) is 5.26 Å². The Balaban J connectivity index is 2.13. The zero-order chi connectivity index (χ0) is 18.4. The van der Waals surface area contributed by atoms with E-state index in [4.69, 9.17) is 10.00 Å². The Labute approximate surface area is 151 Å². The number of amides is 1. The number of benzene rings is 1. The summed E-state index contributed by atoms with van der Waals surface area (Å²) in [5.74, 6) is 1.37. The topological polar surface area (TPSA) is 91.2 Å². The predicted molar refractivity (Wildman–Crippen MR) is 98.3 cm³/mol. The molecule has 0 bridgehead atoms. The van der Waals surface area contributed by atoms with Gasteiger partial charge in [-0.3, -0.25) is 10.1 Å². The third kappa shape index (κ3) is 4.74. The van der Waals surface area contributed by atoms with Gasteiger partial charge in [-0.25, -0.2) is 4.79 Å². The molecule has 0 radical (unpaired) electrons. The highest BCUT2D eigenvalue weighted by Gasteiger charge is 2.44. The van der Waals surface area contributed by atoms with Crippen molar-refractivity contribution >= 4 is 21.9 Å². The Hall–Kier alpha value is -2.04. The molecule has 4 atom stereocenters. The standard InChI is InChI=1S/C18H23N3O3S/c1-4-12(2)16(18(23)25-10-14(9-19)20-11-25)21-17(22)13-6-5-7-15(8-13)24-3/h5-8,12,14,16,20H,4,10-11H2,1-3H3/p+1/t12?,14-,16+,25?/m1/s1. The molecule has 6 nitrogen and oxygen atoms in total. The van der Waals surface area contributed by atoms with Gasteiger partial charge in [0, 0.05) is 5.56 Å². The summed E-state index contributed by atoms with van der Waals surface area (Å²) in [6.07, 6.45) is 0.779. The number of hydrogen-bond donors (Lipinski definition) is 2. The van der Waals surface area contributed by atoms with Crippen molar-refractivity contribution in [3.05, 3.63) is 29.8 Å². The Morgan fingerprint density at radius 1 is 1.52 bits per heavy atom. The second-order valence-corrected chi connectivity index (χ2v) is 8.09. The zero-order valence-electron chi connectivity index (χ0n) is 14.7. The largest absolute Gasteiger partial charge is 0.497 e. The quantitative estimate of drug-likeness (QED) is 0.747. The molecule has 1 saturated heterocycles. The van der Waals surface area contributed by atoms with Gasteiger partial charge in [-0.1, -0.05) is 26.3 Å². The first-order valence-electron chi connectivity index (χ1n) is 8.29. The van der Waals surface area contributed by atoms with E-state index in [1.165, 1.54) is 0 Å². The Kier molecular flexibility index (Phi) is 6.85. The lowest BCUT2D eigenvalue weighted by Crippen LogP contribution is -2.48. The molecule has 1 aromatic rings. The van der Waals surface area contributed by atoms with Crippen molar-refractivity contribution in [2.45, 2.75) is 32.4 Å². The minimum absolute atomic E-state index is 0.0238. The van der Waals surface area contributed by atoms with E-state index in [-0.39, 0.29) is 23.0 Å². The van der Waals surface area contributed by atoms with Crippen molar-refractivity contribution in [1.29, 1.82) is 5.26 Å². The first-order valence-corrected chi connectivity index (χ1v) is 9.85. The normalized spacial score (nSPS) is 21.8. The van der Waals surface area contributed by atoms with E-state index in [2.05, 4.69) is 16.7 Å². The molecule has 25 heavy (non-hydrogen) atoms.